The molecule has 2 aromatic rings. The van der Waals surface area contributed by atoms with Crippen LogP contribution < -0.4 is 15.4 Å². The zero-order chi connectivity index (χ0) is 21.5. The molecule has 2 heterocycles. The number of hydrogen-bond donors (Lipinski definition) is 2. The van der Waals surface area contributed by atoms with Crippen molar-refractivity contribution >= 4 is 23.2 Å². The van der Waals surface area contributed by atoms with Crippen LogP contribution in [0.25, 0.3) is 0 Å². The standard InChI is InChI=1S/C24H29N3O4/c28-23(26-21-10-1-2-11-22(21)31-17-20-9-6-14-30-20)16-25-19-8-5-7-18(15-19)24(29)27-12-3-4-13-27/h1-2,5,7-8,10-11,15,20,25H,3-4,6,9,12-14,16-17H2,(H,26,28). The van der Waals surface area contributed by atoms with Crippen molar-refractivity contribution in [2.75, 3.05) is 43.5 Å². The Labute approximate surface area is 182 Å². The molecule has 31 heavy (non-hydrogen) atoms. The van der Waals surface area contributed by atoms with Gasteiger partial charge in [-0.3, -0.25) is 9.59 Å². The highest BCUT2D eigenvalue weighted by Crippen LogP contribution is 2.25. The summed E-state index contributed by atoms with van der Waals surface area (Å²) in [5.41, 5.74) is 2.01. The zero-order valence-corrected chi connectivity index (χ0v) is 17.6. The molecule has 2 aromatic carbocycles. The Morgan fingerprint density at radius 2 is 1.90 bits per heavy atom. The van der Waals surface area contributed by atoms with Crippen LogP contribution >= 0.6 is 0 Å². The van der Waals surface area contributed by atoms with Crippen molar-refractivity contribution in [1.29, 1.82) is 0 Å². The van der Waals surface area contributed by atoms with Gasteiger partial charge in [0.25, 0.3) is 5.91 Å². The fourth-order valence-corrected chi connectivity index (χ4v) is 3.90. The topological polar surface area (TPSA) is 79.9 Å². The first-order valence-corrected chi connectivity index (χ1v) is 11.0. The van der Waals surface area contributed by atoms with Gasteiger partial charge in [-0.25, -0.2) is 0 Å². The summed E-state index contributed by atoms with van der Waals surface area (Å²) in [6.07, 6.45) is 4.28. The largest absolute Gasteiger partial charge is 0.489 e. The van der Waals surface area contributed by atoms with Crippen molar-refractivity contribution < 1.29 is 19.1 Å². The van der Waals surface area contributed by atoms with E-state index < -0.39 is 0 Å². The number of para-hydroxylation sites is 2. The molecule has 4 rings (SSSR count). The van der Waals surface area contributed by atoms with E-state index in [9.17, 15) is 9.59 Å². The smallest absolute Gasteiger partial charge is 0.253 e. The molecule has 2 saturated heterocycles. The highest BCUT2D eigenvalue weighted by Gasteiger charge is 2.20. The SMILES string of the molecule is O=C(CNc1cccc(C(=O)N2CCCC2)c1)Nc1ccccc1OCC1CCCO1. The molecule has 2 aliphatic rings. The third kappa shape index (κ3) is 5.76. The maximum absolute atomic E-state index is 12.6. The van der Waals surface area contributed by atoms with Gasteiger partial charge >= 0.3 is 0 Å². The third-order valence-corrected chi connectivity index (χ3v) is 5.57. The molecule has 2 amide bonds. The number of benzene rings is 2. The van der Waals surface area contributed by atoms with Gasteiger partial charge in [-0.05, 0) is 56.0 Å². The first-order chi connectivity index (χ1) is 15.2. The van der Waals surface area contributed by atoms with Crippen LogP contribution in [-0.4, -0.2) is 55.7 Å². The number of carbonyl (C=O) groups is 2. The van der Waals surface area contributed by atoms with Crippen molar-refractivity contribution in [3.8, 4) is 5.75 Å². The quantitative estimate of drug-likeness (QED) is 0.679. The number of anilines is 2. The molecule has 7 heteroatoms. The molecule has 1 unspecified atom stereocenters. The number of hydrogen-bond acceptors (Lipinski definition) is 5. The van der Waals surface area contributed by atoms with Crippen LogP contribution in [-0.2, 0) is 9.53 Å². The Hall–Kier alpha value is -3.06. The predicted molar refractivity (Wildman–Crippen MR) is 120 cm³/mol. The third-order valence-electron chi connectivity index (χ3n) is 5.57. The Kier molecular flexibility index (Phi) is 7.04. The zero-order valence-electron chi connectivity index (χ0n) is 17.6. The van der Waals surface area contributed by atoms with E-state index in [1.165, 1.54) is 0 Å². The maximum atomic E-state index is 12.6. The lowest BCUT2D eigenvalue weighted by Gasteiger charge is -2.16. The van der Waals surface area contributed by atoms with Gasteiger partial charge in [0.1, 0.15) is 12.4 Å². The lowest BCUT2D eigenvalue weighted by Crippen LogP contribution is -2.27. The van der Waals surface area contributed by atoms with E-state index >= 15 is 0 Å². The molecule has 7 nitrogen and oxygen atoms in total. The predicted octanol–water partition coefficient (Wildman–Crippen LogP) is 3.53. The summed E-state index contributed by atoms with van der Waals surface area (Å²) in [5.74, 6) is 0.483. The molecule has 0 saturated carbocycles. The Morgan fingerprint density at radius 1 is 1.06 bits per heavy atom. The number of nitrogens with zero attached hydrogens (tertiary/aromatic N) is 1. The molecule has 1 atom stereocenters. The van der Waals surface area contributed by atoms with E-state index in [2.05, 4.69) is 10.6 Å². The van der Waals surface area contributed by atoms with Gasteiger partial charge in [-0.15, -0.1) is 0 Å². The van der Waals surface area contributed by atoms with Crippen molar-refractivity contribution in [2.45, 2.75) is 31.8 Å². The van der Waals surface area contributed by atoms with E-state index in [0.29, 0.717) is 23.6 Å². The molecular weight excluding hydrogens is 394 g/mol. The van der Waals surface area contributed by atoms with Gasteiger partial charge in [0, 0.05) is 30.9 Å². The van der Waals surface area contributed by atoms with E-state index in [0.717, 1.165) is 51.1 Å². The molecule has 0 aromatic heterocycles. The Balaban J connectivity index is 1.30. The molecule has 0 bridgehead atoms. The second-order valence-electron chi connectivity index (χ2n) is 7.92. The fourth-order valence-electron chi connectivity index (χ4n) is 3.90. The summed E-state index contributed by atoms with van der Waals surface area (Å²) in [6, 6.07) is 14.7. The van der Waals surface area contributed by atoms with Gasteiger partial charge in [0.15, 0.2) is 0 Å². The van der Waals surface area contributed by atoms with Crippen LogP contribution in [0, 0.1) is 0 Å². The number of nitrogens with one attached hydrogen (secondary N) is 2. The summed E-state index contributed by atoms with van der Waals surface area (Å²) in [7, 11) is 0. The Morgan fingerprint density at radius 3 is 2.71 bits per heavy atom. The van der Waals surface area contributed by atoms with E-state index in [4.69, 9.17) is 9.47 Å². The van der Waals surface area contributed by atoms with E-state index in [-0.39, 0.29) is 24.5 Å². The summed E-state index contributed by atoms with van der Waals surface area (Å²) in [6.45, 7) is 2.97. The minimum atomic E-state index is -0.190. The first-order valence-electron chi connectivity index (χ1n) is 11.0. The van der Waals surface area contributed by atoms with Crippen molar-refractivity contribution in [3.63, 3.8) is 0 Å². The molecule has 0 radical (unpaired) electrons. The molecule has 2 aliphatic heterocycles. The maximum Gasteiger partial charge on any atom is 0.253 e. The molecular formula is C24H29N3O4. The molecule has 164 valence electrons. The second-order valence-corrected chi connectivity index (χ2v) is 7.92. The lowest BCUT2D eigenvalue weighted by atomic mass is 10.1. The number of rotatable bonds is 8. The van der Waals surface area contributed by atoms with Gasteiger partial charge in [0.2, 0.25) is 5.91 Å². The number of likely N-dealkylation sites (tertiary alicyclic amines) is 1. The van der Waals surface area contributed by atoms with E-state index in [1.54, 1.807) is 6.07 Å². The van der Waals surface area contributed by atoms with Crippen molar-refractivity contribution in [1.82, 2.24) is 4.90 Å². The van der Waals surface area contributed by atoms with Crippen LogP contribution in [0.5, 0.6) is 5.75 Å². The molecule has 2 N–H and O–H groups in total. The second kappa shape index (κ2) is 10.3. The molecule has 0 spiro atoms. The van der Waals surface area contributed by atoms with Crippen LogP contribution in [0.1, 0.15) is 36.0 Å². The summed E-state index contributed by atoms with van der Waals surface area (Å²) < 4.78 is 11.5. The normalized spacial score (nSPS) is 18.1. The first kappa shape index (κ1) is 21.2. The highest BCUT2D eigenvalue weighted by molar-refractivity contribution is 5.96. The van der Waals surface area contributed by atoms with Crippen LogP contribution in [0.2, 0.25) is 0 Å². The minimum Gasteiger partial charge on any atom is -0.489 e. The van der Waals surface area contributed by atoms with Crippen molar-refractivity contribution in [3.05, 3.63) is 54.1 Å². The average molecular weight is 424 g/mol. The van der Waals surface area contributed by atoms with Crippen LogP contribution in [0.4, 0.5) is 11.4 Å². The van der Waals surface area contributed by atoms with Crippen LogP contribution in [0.15, 0.2) is 48.5 Å². The molecule has 2 fully saturated rings. The van der Waals surface area contributed by atoms with Crippen LogP contribution in [0.3, 0.4) is 0 Å². The highest BCUT2D eigenvalue weighted by atomic mass is 16.5. The monoisotopic (exact) mass is 423 g/mol. The van der Waals surface area contributed by atoms with E-state index in [1.807, 2.05) is 47.4 Å². The van der Waals surface area contributed by atoms with Gasteiger partial charge in [-0.1, -0.05) is 18.2 Å². The number of carbonyl (C=O) groups excluding carboxylic acids is 2. The van der Waals surface area contributed by atoms with Crippen molar-refractivity contribution in [2.24, 2.45) is 0 Å². The molecule has 0 aliphatic carbocycles. The lowest BCUT2D eigenvalue weighted by molar-refractivity contribution is -0.114. The van der Waals surface area contributed by atoms with Gasteiger partial charge in [0.05, 0.1) is 18.3 Å². The number of ether oxygens (including phenoxy) is 2. The number of amides is 2. The minimum absolute atomic E-state index is 0.0444. The summed E-state index contributed by atoms with van der Waals surface area (Å²) in [4.78, 5) is 26.9. The van der Waals surface area contributed by atoms with Gasteiger partial charge < -0.3 is 25.0 Å². The fraction of sp³-hybridized carbons (Fsp3) is 0.417. The summed E-state index contributed by atoms with van der Waals surface area (Å²) in [5, 5.41) is 6.00. The summed E-state index contributed by atoms with van der Waals surface area (Å²) >= 11 is 0. The van der Waals surface area contributed by atoms with Gasteiger partial charge in [-0.2, -0.15) is 0 Å². The average Bonchev–Trinajstić information content (AvgIpc) is 3.51. The Bertz CT molecular complexity index is 905.